The number of hydrogen-bond acceptors (Lipinski definition) is 3. The molecule has 0 aliphatic rings. The van der Waals surface area contributed by atoms with Gasteiger partial charge in [-0.3, -0.25) is 4.68 Å². The van der Waals surface area contributed by atoms with E-state index in [1.54, 1.807) is 11.8 Å². The van der Waals surface area contributed by atoms with Gasteiger partial charge in [-0.05, 0) is 50.2 Å². The number of thioether (sulfide) groups is 1. The molecule has 0 radical (unpaired) electrons. The van der Waals surface area contributed by atoms with Crippen molar-refractivity contribution in [1.29, 1.82) is 0 Å². The van der Waals surface area contributed by atoms with Gasteiger partial charge in [0, 0.05) is 23.4 Å². The average Bonchev–Trinajstić information content (AvgIpc) is 2.97. The van der Waals surface area contributed by atoms with E-state index in [2.05, 4.69) is 30.3 Å². The van der Waals surface area contributed by atoms with Crippen LogP contribution in [0.2, 0.25) is 0 Å². The summed E-state index contributed by atoms with van der Waals surface area (Å²) in [6, 6.07) is 8.99. The Hall–Kier alpha value is -1.33. The molecule has 5 heteroatoms. The van der Waals surface area contributed by atoms with Crippen molar-refractivity contribution in [1.82, 2.24) is 15.1 Å². The monoisotopic (exact) mass is 307 g/mol. The Morgan fingerprint density at radius 2 is 2.00 bits per heavy atom. The first-order valence-electron chi connectivity index (χ1n) is 7.38. The van der Waals surface area contributed by atoms with E-state index in [9.17, 15) is 4.39 Å². The molecule has 1 aromatic carbocycles. The molecule has 0 amide bonds. The molecule has 2 aromatic rings. The Bertz CT molecular complexity index is 539. The molecule has 2 rings (SSSR count). The van der Waals surface area contributed by atoms with Crippen molar-refractivity contribution in [2.24, 2.45) is 0 Å². The van der Waals surface area contributed by atoms with Crippen LogP contribution in [-0.2, 0) is 6.54 Å². The topological polar surface area (TPSA) is 29.9 Å². The SMILES string of the molecule is CCCNC(CSc1ccc(F)cc1)c1ccnn1CC. The smallest absolute Gasteiger partial charge is 0.123 e. The van der Waals surface area contributed by atoms with Gasteiger partial charge in [0.1, 0.15) is 5.82 Å². The molecule has 0 spiro atoms. The first-order valence-corrected chi connectivity index (χ1v) is 8.36. The Labute approximate surface area is 129 Å². The summed E-state index contributed by atoms with van der Waals surface area (Å²) in [5.41, 5.74) is 1.21. The summed E-state index contributed by atoms with van der Waals surface area (Å²) in [5, 5.41) is 7.92. The lowest BCUT2D eigenvalue weighted by molar-refractivity contribution is 0.514. The summed E-state index contributed by atoms with van der Waals surface area (Å²) in [7, 11) is 0. The minimum atomic E-state index is -0.191. The summed E-state index contributed by atoms with van der Waals surface area (Å²) < 4.78 is 15.0. The van der Waals surface area contributed by atoms with Crippen LogP contribution < -0.4 is 5.32 Å². The second kappa shape index (κ2) is 8.20. The fourth-order valence-electron chi connectivity index (χ4n) is 2.18. The second-order valence-electron chi connectivity index (χ2n) is 4.84. The number of nitrogens with one attached hydrogen (secondary N) is 1. The highest BCUT2D eigenvalue weighted by atomic mass is 32.2. The third kappa shape index (κ3) is 4.58. The molecule has 1 unspecified atom stereocenters. The summed E-state index contributed by atoms with van der Waals surface area (Å²) in [4.78, 5) is 1.09. The van der Waals surface area contributed by atoms with E-state index in [0.29, 0.717) is 0 Å². The zero-order valence-electron chi connectivity index (χ0n) is 12.6. The van der Waals surface area contributed by atoms with Crippen LogP contribution >= 0.6 is 11.8 Å². The number of rotatable bonds is 8. The van der Waals surface area contributed by atoms with Gasteiger partial charge in [0.15, 0.2) is 0 Å². The van der Waals surface area contributed by atoms with Crippen LogP contribution in [0.4, 0.5) is 4.39 Å². The summed E-state index contributed by atoms with van der Waals surface area (Å²) in [5.74, 6) is 0.709. The van der Waals surface area contributed by atoms with Crippen LogP contribution in [0.3, 0.4) is 0 Å². The zero-order chi connectivity index (χ0) is 15.1. The van der Waals surface area contributed by atoms with Gasteiger partial charge in [-0.15, -0.1) is 11.8 Å². The van der Waals surface area contributed by atoms with E-state index in [1.165, 1.54) is 17.8 Å². The van der Waals surface area contributed by atoms with Crippen molar-refractivity contribution in [3.05, 3.63) is 48.0 Å². The van der Waals surface area contributed by atoms with E-state index in [-0.39, 0.29) is 11.9 Å². The molecule has 1 heterocycles. The number of hydrogen-bond donors (Lipinski definition) is 1. The van der Waals surface area contributed by atoms with Crippen molar-refractivity contribution < 1.29 is 4.39 Å². The average molecular weight is 307 g/mol. The molecule has 1 N–H and O–H groups in total. The maximum absolute atomic E-state index is 12.9. The minimum Gasteiger partial charge on any atom is -0.308 e. The highest BCUT2D eigenvalue weighted by molar-refractivity contribution is 7.99. The number of aromatic nitrogens is 2. The van der Waals surface area contributed by atoms with Crippen LogP contribution in [0.1, 0.15) is 32.0 Å². The summed E-state index contributed by atoms with van der Waals surface area (Å²) >= 11 is 1.73. The molecule has 0 fully saturated rings. The van der Waals surface area contributed by atoms with Crippen LogP contribution in [0, 0.1) is 5.82 Å². The van der Waals surface area contributed by atoms with E-state index in [1.807, 2.05) is 23.0 Å². The third-order valence-corrected chi connectivity index (χ3v) is 4.38. The molecular formula is C16H22FN3S. The van der Waals surface area contributed by atoms with Crippen LogP contribution in [-0.4, -0.2) is 22.1 Å². The normalized spacial score (nSPS) is 12.5. The van der Waals surface area contributed by atoms with E-state index in [0.717, 1.165) is 30.2 Å². The van der Waals surface area contributed by atoms with E-state index in [4.69, 9.17) is 0 Å². The number of nitrogens with zero attached hydrogens (tertiary/aromatic N) is 2. The molecule has 114 valence electrons. The lowest BCUT2D eigenvalue weighted by Gasteiger charge is -2.19. The predicted molar refractivity (Wildman–Crippen MR) is 86.1 cm³/mol. The van der Waals surface area contributed by atoms with Gasteiger partial charge < -0.3 is 5.32 Å². The van der Waals surface area contributed by atoms with Crippen LogP contribution in [0.25, 0.3) is 0 Å². The quantitative estimate of drug-likeness (QED) is 0.751. The largest absolute Gasteiger partial charge is 0.308 e. The fraction of sp³-hybridized carbons (Fsp3) is 0.438. The molecule has 1 atom stereocenters. The first kappa shape index (κ1) is 16.0. The molecule has 21 heavy (non-hydrogen) atoms. The Balaban J connectivity index is 2.04. The lowest BCUT2D eigenvalue weighted by Crippen LogP contribution is -2.26. The third-order valence-electron chi connectivity index (χ3n) is 3.28. The molecule has 0 saturated heterocycles. The van der Waals surface area contributed by atoms with Crippen molar-refractivity contribution >= 4 is 11.8 Å². The number of halogens is 1. The second-order valence-corrected chi connectivity index (χ2v) is 5.94. The summed E-state index contributed by atoms with van der Waals surface area (Å²) in [6.45, 7) is 6.10. The molecular weight excluding hydrogens is 285 g/mol. The Kier molecular flexibility index (Phi) is 6.26. The highest BCUT2D eigenvalue weighted by Gasteiger charge is 2.15. The van der Waals surface area contributed by atoms with Crippen molar-refractivity contribution in [3.8, 4) is 0 Å². The molecule has 0 aliphatic carbocycles. The predicted octanol–water partition coefficient (Wildman–Crippen LogP) is 3.88. The molecule has 3 nitrogen and oxygen atoms in total. The standard InChI is InChI=1S/C16H22FN3S/c1-3-10-18-15(16-9-11-19-20(16)4-2)12-21-14-7-5-13(17)6-8-14/h5-9,11,15,18H,3-4,10,12H2,1-2H3. The minimum absolute atomic E-state index is 0.191. The highest BCUT2D eigenvalue weighted by Crippen LogP contribution is 2.25. The maximum atomic E-state index is 12.9. The maximum Gasteiger partial charge on any atom is 0.123 e. The van der Waals surface area contributed by atoms with Crippen molar-refractivity contribution in [3.63, 3.8) is 0 Å². The summed E-state index contributed by atoms with van der Waals surface area (Å²) in [6.07, 6.45) is 2.94. The van der Waals surface area contributed by atoms with Gasteiger partial charge in [0.25, 0.3) is 0 Å². The zero-order valence-corrected chi connectivity index (χ0v) is 13.4. The van der Waals surface area contributed by atoms with Gasteiger partial charge in [-0.2, -0.15) is 5.10 Å². The van der Waals surface area contributed by atoms with Gasteiger partial charge in [-0.1, -0.05) is 6.92 Å². The van der Waals surface area contributed by atoms with Crippen molar-refractivity contribution in [2.75, 3.05) is 12.3 Å². The Morgan fingerprint density at radius 3 is 2.67 bits per heavy atom. The fourth-order valence-corrected chi connectivity index (χ4v) is 3.16. The lowest BCUT2D eigenvalue weighted by atomic mass is 10.2. The molecule has 1 aromatic heterocycles. The number of aryl methyl sites for hydroxylation is 1. The van der Waals surface area contributed by atoms with Crippen molar-refractivity contribution in [2.45, 2.75) is 37.8 Å². The van der Waals surface area contributed by atoms with Crippen LogP contribution in [0.5, 0.6) is 0 Å². The van der Waals surface area contributed by atoms with E-state index >= 15 is 0 Å². The van der Waals surface area contributed by atoms with Gasteiger partial charge in [0.05, 0.1) is 11.7 Å². The van der Waals surface area contributed by atoms with Gasteiger partial charge in [-0.25, -0.2) is 4.39 Å². The van der Waals surface area contributed by atoms with Crippen LogP contribution in [0.15, 0.2) is 41.4 Å². The first-order chi connectivity index (χ1) is 10.2. The molecule has 0 saturated carbocycles. The molecule has 0 bridgehead atoms. The van der Waals surface area contributed by atoms with Gasteiger partial charge >= 0.3 is 0 Å². The van der Waals surface area contributed by atoms with Gasteiger partial charge in [0.2, 0.25) is 0 Å². The van der Waals surface area contributed by atoms with E-state index < -0.39 is 0 Å². The number of benzene rings is 1. The molecule has 0 aliphatic heterocycles. The Morgan fingerprint density at radius 1 is 1.24 bits per heavy atom.